The molecule has 10 aromatic rings. The lowest BCUT2D eigenvalue weighted by molar-refractivity contribution is 1.05. The molecule has 4 heterocycles. The van der Waals surface area contributed by atoms with Crippen LogP contribution in [0.3, 0.4) is 0 Å². The van der Waals surface area contributed by atoms with E-state index in [1.807, 2.05) is 6.07 Å². The fourth-order valence-electron chi connectivity index (χ4n) is 7.21. The summed E-state index contributed by atoms with van der Waals surface area (Å²) in [6.45, 7) is 0. The van der Waals surface area contributed by atoms with Crippen LogP contribution in [0.25, 0.3) is 88.9 Å². The summed E-state index contributed by atoms with van der Waals surface area (Å²) in [7, 11) is 0. The van der Waals surface area contributed by atoms with Crippen LogP contribution in [0.1, 0.15) is 0 Å². The monoisotopic (exact) mass is 642 g/mol. The lowest BCUT2D eigenvalue weighted by Gasteiger charge is -2.12. The first kappa shape index (κ1) is 28.0. The van der Waals surface area contributed by atoms with Crippen molar-refractivity contribution in [1.29, 1.82) is 0 Å². The second-order valence-electron chi connectivity index (χ2n) is 12.2. The summed E-state index contributed by atoms with van der Waals surface area (Å²) in [4.78, 5) is 25.8. The van der Waals surface area contributed by atoms with Gasteiger partial charge in [0.15, 0.2) is 11.6 Å². The zero-order valence-electron chi connectivity index (χ0n) is 26.6. The molecule has 0 N–H and O–H groups in total. The highest BCUT2D eigenvalue weighted by atomic mass is 15.0. The molecule has 234 valence electrons. The molecular formula is C42H26N8. The van der Waals surface area contributed by atoms with Crippen LogP contribution in [0.4, 0.5) is 0 Å². The van der Waals surface area contributed by atoms with Gasteiger partial charge in [-0.25, -0.2) is 29.9 Å². The topological polar surface area (TPSA) is 87.2 Å². The Morgan fingerprint density at radius 2 is 0.760 bits per heavy atom. The third-order valence-corrected chi connectivity index (χ3v) is 9.37. The van der Waals surface area contributed by atoms with Crippen LogP contribution in [0.2, 0.25) is 0 Å². The molecule has 0 atom stereocenters. The van der Waals surface area contributed by atoms with Gasteiger partial charge in [0.1, 0.15) is 25.3 Å². The van der Waals surface area contributed by atoms with E-state index in [0.29, 0.717) is 11.6 Å². The van der Waals surface area contributed by atoms with Crippen LogP contribution in [-0.2, 0) is 0 Å². The van der Waals surface area contributed by atoms with Crippen molar-refractivity contribution < 1.29 is 0 Å². The highest BCUT2D eigenvalue weighted by molar-refractivity contribution is 6.12. The van der Waals surface area contributed by atoms with E-state index in [1.165, 1.54) is 58.1 Å². The molecule has 0 bridgehead atoms. The summed E-state index contributed by atoms with van der Waals surface area (Å²) in [5.41, 5.74) is 10.7. The van der Waals surface area contributed by atoms with Gasteiger partial charge < -0.3 is 9.13 Å². The first-order valence-electron chi connectivity index (χ1n) is 16.3. The van der Waals surface area contributed by atoms with Gasteiger partial charge in [-0.3, -0.25) is 0 Å². The molecule has 0 saturated carbocycles. The molecule has 0 radical (unpaired) electrons. The second-order valence-corrected chi connectivity index (χ2v) is 12.2. The van der Waals surface area contributed by atoms with Crippen molar-refractivity contribution in [2.75, 3.05) is 0 Å². The largest absolute Gasteiger partial charge is 0.309 e. The quantitative estimate of drug-likeness (QED) is 0.186. The van der Waals surface area contributed by atoms with Gasteiger partial charge in [-0.2, -0.15) is 0 Å². The Kier molecular flexibility index (Phi) is 6.32. The van der Waals surface area contributed by atoms with E-state index in [2.05, 4.69) is 166 Å². The Balaban J connectivity index is 1.17. The van der Waals surface area contributed by atoms with Crippen molar-refractivity contribution >= 4 is 43.6 Å². The predicted molar refractivity (Wildman–Crippen MR) is 198 cm³/mol. The standard InChI is InChI=1S/C42H26N8/c1-2-8-31(9-3-1)49-37-12-6-4-10-33(37)35-21-27(14-16-39(35)49)28-15-17-40-36(22-28)34-11-5-7-13-38(34)50(40)32-19-29(41-45-23-43-24-46-41)18-30(20-32)42-47-25-44-26-48-42/h1-26H. The molecule has 8 nitrogen and oxygen atoms in total. The van der Waals surface area contributed by atoms with Crippen molar-refractivity contribution in [3.63, 3.8) is 0 Å². The molecule has 6 aromatic carbocycles. The zero-order valence-corrected chi connectivity index (χ0v) is 26.6. The van der Waals surface area contributed by atoms with E-state index in [9.17, 15) is 0 Å². The number of fused-ring (bicyclic) bond motifs is 6. The zero-order chi connectivity index (χ0) is 33.0. The van der Waals surface area contributed by atoms with Crippen molar-refractivity contribution in [3.8, 4) is 45.3 Å². The number of hydrogen-bond donors (Lipinski definition) is 0. The van der Waals surface area contributed by atoms with Gasteiger partial charge in [-0.05, 0) is 77.9 Å². The predicted octanol–water partition coefficient (Wildman–Crippen LogP) is 9.25. The Hall–Kier alpha value is -7.06. The fourth-order valence-corrected chi connectivity index (χ4v) is 7.21. The third-order valence-electron chi connectivity index (χ3n) is 9.37. The number of hydrogen-bond acceptors (Lipinski definition) is 6. The molecule has 0 spiro atoms. The van der Waals surface area contributed by atoms with E-state index in [-0.39, 0.29) is 0 Å². The Morgan fingerprint density at radius 1 is 0.320 bits per heavy atom. The highest BCUT2D eigenvalue weighted by Crippen LogP contribution is 2.39. The average molecular weight is 643 g/mol. The third kappa shape index (κ3) is 4.47. The molecule has 10 rings (SSSR count). The van der Waals surface area contributed by atoms with Crippen molar-refractivity contribution in [2.45, 2.75) is 0 Å². The summed E-state index contributed by atoms with van der Waals surface area (Å²) in [5, 5.41) is 4.79. The molecule has 4 aromatic heterocycles. The fraction of sp³-hybridized carbons (Fsp3) is 0. The van der Waals surface area contributed by atoms with Crippen LogP contribution in [-0.4, -0.2) is 39.0 Å². The molecule has 0 aliphatic heterocycles. The minimum Gasteiger partial charge on any atom is -0.309 e. The summed E-state index contributed by atoms with van der Waals surface area (Å²) < 4.78 is 4.64. The molecular weight excluding hydrogens is 617 g/mol. The number of aromatic nitrogens is 8. The minimum absolute atomic E-state index is 0.573. The van der Waals surface area contributed by atoms with Crippen LogP contribution < -0.4 is 0 Å². The van der Waals surface area contributed by atoms with E-state index < -0.39 is 0 Å². The number of nitrogens with zero attached hydrogens (tertiary/aromatic N) is 8. The average Bonchev–Trinajstić information content (AvgIpc) is 3.71. The van der Waals surface area contributed by atoms with Gasteiger partial charge >= 0.3 is 0 Å². The molecule has 50 heavy (non-hydrogen) atoms. The molecule has 0 aliphatic carbocycles. The summed E-state index contributed by atoms with van der Waals surface area (Å²) in [5.74, 6) is 1.15. The number of benzene rings is 6. The van der Waals surface area contributed by atoms with E-state index in [1.54, 1.807) is 0 Å². The Labute approximate surface area is 286 Å². The molecule has 0 fully saturated rings. The maximum absolute atomic E-state index is 4.45. The normalized spacial score (nSPS) is 11.6. The van der Waals surface area contributed by atoms with Gasteiger partial charge in [-0.15, -0.1) is 0 Å². The molecule has 0 saturated heterocycles. The molecule has 0 unspecified atom stereocenters. The van der Waals surface area contributed by atoms with Crippen LogP contribution >= 0.6 is 0 Å². The van der Waals surface area contributed by atoms with Gasteiger partial charge in [-0.1, -0.05) is 66.7 Å². The first-order chi connectivity index (χ1) is 24.8. The van der Waals surface area contributed by atoms with Crippen molar-refractivity contribution in [1.82, 2.24) is 39.0 Å². The van der Waals surface area contributed by atoms with Gasteiger partial charge in [0, 0.05) is 44.0 Å². The van der Waals surface area contributed by atoms with Crippen molar-refractivity contribution in [2.24, 2.45) is 0 Å². The first-order valence-corrected chi connectivity index (χ1v) is 16.3. The van der Waals surface area contributed by atoms with Crippen LogP contribution in [0.15, 0.2) is 159 Å². The Bertz CT molecular complexity index is 2800. The van der Waals surface area contributed by atoms with Gasteiger partial charge in [0.05, 0.1) is 22.1 Å². The maximum atomic E-state index is 4.45. The lowest BCUT2D eigenvalue weighted by atomic mass is 10.0. The Morgan fingerprint density at radius 3 is 1.28 bits per heavy atom. The van der Waals surface area contributed by atoms with Crippen LogP contribution in [0.5, 0.6) is 0 Å². The van der Waals surface area contributed by atoms with Gasteiger partial charge in [0.25, 0.3) is 0 Å². The minimum atomic E-state index is 0.573. The van der Waals surface area contributed by atoms with E-state index in [4.69, 9.17) is 0 Å². The van der Waals surface area contributed by atoms with Crippen molar-refractivity contribution in [3.05, 3.63) is 159 Å². The number of para-hydroxylation sites is 3. The molecule has 8 heteroatoms. The molecule has 0 aliphatic rings. The highest BCUT2D eigenvalue weighted by Gasteiger charge is 2.18. The second kappa shape index (κ2) is 11.3. The number of rotatable bonds is 5. The van der Waals surface area contributed by atoms with Gasteiger partial charge in [0.2, 0.25) is 0 Å². The SMILES string of the molecule is c1ccc(-n2c3ccccc3c3cc(-c4ccc5c(c4)c4ccccc4n5-c4cc(-c5ncncn5)cc(-c5ncncn5)c4)ccc32)cc1. The summed E-state index contributed by atoms with van der Waals surface area (Å²) in [6.07, 6.45) is 6.04. The maximum Gasteiger partial charge on any atom is 0.162 e. The molecule has 0 amide bonds. The summed E-state index contributed by atoms with van der Waals surface area (Å²) in [6, 6.07) is 47.5. The lowest BCUT2D eigenvalue weighted by Crippen LogP contribution is -1.99. The summed E-state index contributed by atoms with van der Waals surface area (Å²) >= 11 is 0. The smallest absolute Gasteiger partial charge is 0.162 e. The van der Waals surface area contributed by atoms with E-state index >= 15 is 0 Å². The van der Waals surface area contributed by atoms with E-state index in [0.717, 1.165) is 44.5 Å². The van der Waals surface area contributed by atoms with Crippen LogP contribution in [0, 0.1) is 0 Å².